The second-order valence-corrected chi connectivity index (χ2v) is 5.55. The SMILES string of the molecule is CN1CCC(CNC(=O)c2cccc(Br)c2)C1. The second kappa shape index (κ2) is 5.65. The van der Waals surface area contributed by atoms with Crippen molar-refractivity contribution in [3.63, 3.8) is 0 Å². The van der Waals surface area contributed by atoms with E-state index in [0.717, 1.165) is 24.1 Å². The molecule has 0 spiro atoms. The molecule has 0 bridgehead atoms. The van der Waals surface area contributed by atoms with Crippen molar-refractivity contribution in [3.8, 4) is 0 Å². The molecule has 1 amide bonds. The molecule has 2 rings (SSSR count). The van der Waals surface area contributed by atoms with Gasteiger partial charge >= 0.3 is 0 Å². The molecule has 0 aromatic heterocycles. The van der Waals surface area contributed by atoms with Gasteiger partial charge < -0.3 is 10.2 Å². The highest BCUT2D eigenvalue weighted by molar-refractivity contribution is 9.10. The quantitative estimate of drug-likeness (QED) is 0.927. The molecule has 1 fully saturated rings. The number of benzene rings is 1. The number of halogens is 1. The highest BCUT2D eigenvalue weighted by Gasteiger charge is 2.19. The molecule has 1 aromatic carbocycles. The van der Waals surface area contributed by atoms with E-state index in [1.54, 1.807) is 0 Å². The summed E-state index contributed by atoms with van der Waals surface area (Å²) in [4.78, 5) is 14.2. The molecular weight excluding hydrogens is 280 g/mol. The van der Waals surface area contributed by atoms with Gasteiger partial charge in [0, 0.05) is 23.1 Å². The van der Waals surface area contributed by atoms with Crippen LogP contribution in [0.5, 0.6) is 0 Å². The van der Waals surface area contributed by atoms with E-state index in [0.29, 0.717) is 11.5 Å². The van der Waals surface area contributed by atoms with E-state index in [4.69, 9.17) is 0 Å². The summed E-state index contributed by atoms with van der Waals surface area (Å²) >= 11 is 3.37. The number of likely N-dealkylation sites (tertiary alicyclic amines) is 1. The molecule has 3 nitrogen and oxygen atoms in total. The maximum atomic E-state index is 11.9. The van der Waals surface area contributed by atoms with Crippen LogP contribution in [0.4, 0.5) is 0 Å². The summed E-state index contributed by atoms with van der Waals surface area (Å²) < 4.78 is 0.936. The normalized spacial score (nSPS) is 20.5. The predicted molar refractivity (Wildman–Crippen MR) is 72.1 cm³/mol. The number of nitrogens with zero attached hydrogens (tertiary/aromatic N) is 1. The van der Waals surface area contributed by atoms with E-state index in [9.17, 15) is 4.79 Å². The Kier molecular flexibility index (Phi) is 4.18. The summed E-state index contributed by atoms with van der Waals surface area (Å²) in [6.07, 6.45) is 1.18. The van der Waals surface area contributed by atoms with Crippen molar-refractivity contribution in [1.82, 2.24) is 10.2 Å². The van der Waals surface area contributed by atoms with Crippen LogP contribution in [0, 0.1) is 5.92 Å². The molecule has 4 heteroatoms. The Bertz CT molecular complexity index is 408. The minimum absolute atomic E-state index is 0.0147. The van der Waals surface area contributed by atoms with Crippen LogP contribution in [0.2, 0.25) is 0 Å². The molecule has 0 aliphatic carbocycles. The Labute approximate surface area is 110 Å². The topological polar surface area (TPSA) is 32.3 Å². The minimum Gasteiger partial charge on any atom is -0.352 e. The molecule has 17 heavy (non-hydrogen) atoms. The zero-order valence-corrected chi connectivity index (χ0v) is 11.5. The summed E-state index contributed by atoms with van der Waals surface area (Å²) in [5.74, 6) is 0.608. The Morgan fingerprint density at radius 1 is 1.59 bits per heavy atom. The van der Waals surface area contributed by atoms with Gasteiger partial charge in [0.05, 0.1) is 0 Å². The van der Waals surface area contributed by atoms with Crippen molar-refractivity contribution in [2.45, 2.75) is 6.42 Å². The summed E-state index contributed by atoms with van der Waals surface area (Å²) in [5, 5.41) is 3.00. The zero-order valence-electron chi connectivity index (χ0n) is 9.95. The number of amides is 1. The van der Waals surface area contributed by atoms with Gasteiger partial charge in [0.25, 0.3) is 5.91 Å². The fraction of sp³-hybridized carbons (Fsp3) is 0.462. The average Bonchev–Trinajstić information content (AvgIpc) is 2.72. The average molecular weight is 297 g/mol. The maximum Gasteiger partial charge on any atom is 0.251 e. The highest BCUT2D eigenvalue weighted by Crippen LogP contribution is 2.14. The smallest absolute Gasteiger partial charge is 0.251 e. The van der Waals surface area contributed by atoms with Crippen LogP contribution in [0.25, 0.3) is 0 Å². The summed E-state index contributed by atoms with van der Waals surface area (Å²) in [6, 6.07) is 7.47. The second-order valence-electron chi connectivity index (χ2n) is 4.64. The molecule has 0 saturated carbocycles. The number of carbonyl (C=O) groups excluding carboxylic acids is 1. The van der Waals surface area contributed by atoms with E-state index in [-0.39, 0.29) is 5.91 Å². The van der Waals surface area contributed by atoms with Gasteiger partial charge in [-0.05, 0) is 44.1 Å². The number of hydrogen-bond acceptors (Lipinski definition) is 2. The third-order valence-electron chi connectivity index (χ3n) is 3.13. The first-order valence-electron chi connectivity index (χ1n) is 5.87. The number of rotatable bonds is 3. The van der Waals surface area contributed by atoms with Crippen molar-refractivity contribution < 1.29 is 4.79 Å². The maximum absolute atomic E-state index is 11.9. The third kappa shape index (κ3) is 3.54. The molecule has 1 N–H and O–H groups in total. The van der Waals surface area contributed by atoms with Gasteiger partial charge in [0.2, 0.25) is 0 Å². The Morgan fingerprint density at radius 2 is 2.41 bits per heavy atom. The van der Waals surface area contributed by atoms with Crippen LogP contribution in [0.15, 0.2) is 28.7 Å². The van der Waals surface area contributed by atoms with Crippen LogP contribution >= 0.6 is 15.9 Å². The lowest BCUT2D eigenvalue weighted by molar-refractivity contribution is 0.0947. The first kappa shape index (κ1) is 12.6. The van der Waals surface area contributed by atoms with Crippen molar-refractivity contribution in [1.29, 1.82) is 0 Å². The molecule has 1 saturated heterocycles. The van der Waals surface area contributed by atoms with Gasteiger partial charge in [-0.3, -0.25) is 4.79 Å². The molecule has 1 unspecified atom stereocenters. The summed E-state index contributed by atoms with van der Waals surface area (Å²) in [6.45, 7) is 2.99. The predicted octanol–water partition coefficient (Wildman–Crippen LogP) is 2.13. The largest absolute Gasteiger partial charge is 0.352 e. The van der Waals surface area contributed by atoms with E-state index in [1.807, 2.05) is 24.3 Å². The standard InChI is InChI=1S/C13H17BrN2O/c1-16-6-5-10(9-16)8-15-13(17)11-3-2-4-12(14)7-11/h2-4,7,10H,5-6,8-9H2,1H3,(H,15,17). The molecule has 0 radical (unpaired) electrons. The third-order valence-corrected chi connectivity index (χ3v) is 3.62. The molecule has 1 aliphatic rings. The zero-order chi connectivity index (χ0) is 12.3. The molecule has 1 atom stereocenters. The van der Waals surface area contributed by atoms with Crippen LogP contribution in [-0.4, -0.2) is 37.5 Å². The number of nitrogens with one attached hydrogen (secondary N) is 1. The van der Waals surface area contributed by atoms with Gasteiger partial charge in [-0.1, -0.05) is 22.0 Å². The van der Waals surface area contributed by atoms with Gasteiger partial charge in [-0.15, -0.1) is 0 Å². The fourth-order valence-corrected chi connectivity index (χ4v) is 2.56. The lowest BCUT2D eigenvalue weighted by Crippen LogP contribution is -2.30. The van der Waals surface area contributed by atoms with Gasteiger partial charge in [-0.25, -0.2) is 0 Å². The van der Waals surface area contributed by atoms with Crippen LogP contribution in [0.1, 0.15) is 16.8 Å². The Hall–Kier alpha value is -0.870. The first-order valence-corrected chi connectivity index (χ1v) is 6.67. The summed E-state index contributed by atoms with van der Waals surface area (Å²) in [7, 11) is 2.12. The fourth-order valence-electron chi connectivity index (χ4n) is 2.16. The monoisotopic (exact) mass is 296 g/mol. The Balaban J connectivity index is 1.85. The Morgan fingerprint density at radius 3 is 3.06 bits per heavy atom. The van der Waals surface area contributed by atoms with Gasteiger partial charge in [0.1, 0.15) is 0 Å². The number of hydrogen-bond donors (Lipinski definition) is 1. The van der Waals surface area contributed by atoms with Gasteiger partial charge in [-0.2, -0.15) is 0 Å². The minimum atomic E-state index is 0.0147. The lowest BCUT2D eigenvalue weighted by atomic mass is 10.1. The van der Waals surface area contributed by atoms with Crippen molar-refractivity contribution in [2.24, 2.45) is 5.92 Å². The van der Waals surface area contributed by atoms with E-state index in [2.05, 4.69) is 33.2 Å². The first-order chi connectivity index (χ1) is 8.15. The highest BCUT2D eigenvalue weighted by atomic mass is 79.9. The van der Waals surface area contributed by atoms with E-state index < -0.39 is 0 Å². The molecule has 1 aromatic rings. The van der Waals surface area contributed by atoms with Crippen molar-refractivity contribution >= 4 is 21.8 Å². The molecular formula is C13H17BrN2O. The molecule has 1 aliphatic heterocycles. The van der Waals surface area contributed by atoms with Crippen LogP contribution in [0.3, 0.4) is 0 Å². The van der Waals surface area contributed by atoms with Gasteiger partial charge in [0.15, 0.2) is 0 Å². The number of carbonyl (C=O) groups is 1. The van der Waals surface area contributed by atoms with Crippen LogP contribution < -0.4 is 5.32 Å². The van der Waals surface area contributed by atoms with E-state index >= 15 is 0 Å². The van der Waals surface area contributed by atoms with E-state index in [1.165, 1.54) is 6.42 Å². The summed E-state index contributed by atoms with van der Waals surface area (Å²) in [5.41, 5.74) is 0.714. The van der Waals surface area contributed by atoms with Crippen molar-refractivity contribution in [3.05, 3.63) is 34.3 Å². The van der Waals surface area contributed by atoms with Crippen molar-refractivity contribution in [2.75, 3.05) is 26.7 Å². The lowest BCUT2D eigenvalue weighted by Gasteiger charge is -2.11. The molecule has 92 valence electrons. The molecule has 1 heterocycles. The van der Waals surface area contributed by atoms with Crippen LogP contribution in [-0.2, 0) is 0 Å².